The van der Waals surface area contributed by atoms with Crippen LogP contribution in [0.2, 0.25) is 0 Å². The van der Waals surface area contributed by atoms with Gasteiger partial charge in [-0.05, 0) is 25.0 Å². The molecule has 31 heavy (non-hydrogen) atoms. The smallest absolute Gasteiger partial charge is 0.257 e. The molecule has 2 aliphatic rings. The highest BCUT2D eigenvalue weighted by Gasteiger charge is 2.25. The Morgan fingerprint density at radius 1 is 0.903 bits per heavy atom. The molecule has 4 rings (SSSR count). The largest absolute Gasteiger partial charge is 0.342 e. The van der Waals surface area contributed by atoms with E-state index in [1.807, 2.05) is 33.4 Å². The molecule has 0 atom stereocenters. The molecule has 2 aliphatic heterocycles. The number of nitrogens with zero attached hydrogens (tertiary/aromatic N) is 4. The van der Waals surface area contributed by atoms with Crippen LogP contribution in [0, 0.1) is 0 Å². The summed E-state index contributed by atoms with van der Waals surface area (Å²) in [7, 11) is 0. The second-order valence-electron chi connectivity index (χ2n) is 7.89. The van der Waals surface area contributed by atoms with Crippen molar-refractivity contribution in [2.75, 3.05) is 51.1 Å². The van der Waals surface area contributed by atoms with Gasteiger partial charge in [0.15, 0.2) is 5.13 Å². The normalized spacial score (nSPS) is 17.0. The first-order valence-electron chi connectivity index (χ1n) is 10.7. The Morgan fingerprint density at radius 2 is 1.58 bits per heavy atom. The van der Waals surface area contributed by atoms with Crippen LogP contribution in [-0.4, -0.2) is 83.2 Å². The lowest BCUT2D eigenvalue weighted by atomic mass is 10.2. The molecule has 0 unspecified atom stereocenters. The molecule has 0 aliphatic carbocycles. The average Bonchev–Trinajstić information content (AvgIpc) is 3.47. The molecule has 0 saturated carbocycles. The van der Waals surface area contributed by atoms with Gasteiger partial charge in [0.25, 0.3) is 5.91 Å². The van der Waals surface area contributed by atoms with Crippen LogP contribution in [-0.2, 0) is 16.0 Å². The van der Waals surface area contributed by atoms with Gasteiger partial charge >= 0.3 is 0 Å². The number of rotatable bonds is 6. The van der Waals surface area contributed by atoms with Crippen LogP contribution in [0.15, 0.2) is 35.7 Å². The summed E-state index contributed by atoms with van der Waals surface area (Å²) in [4.78, 5) is 47.5. The lowest BCUT2D eigenvalue weighted by Crippen LogP contribution is -2.51. The molecule has 2 aromatic rings. The van der Waals surface area contributed by atoms with E-state index in [0.29, 0.717) is 49.1 Å². The molecule has 1 aromatic carbocycles. The molecule has 2 fully saturated rings. The maximum absolute atomic E-state index is 12.7. The van der Waals surface area contributed by atoms with Crippen molar-refractivity contribution in [2.24, 2.45) is 0 Å². The Morgan fingerprint density at radius 3 is 2.29 bits per heavy atom. The molecule has 8 nitrogen and oxygen atoms in total. The first-order valence-corrected chi connectivity index (χ1v) is 11.5. The Bertz CT molecular complexity index is 918. The third kappa shape index (κ3) is 5.68. The van der Waals surface area contributed by atoms with Crippen molar-refractivity contribution < 1.29 is 14.4 Å². The van der Waals surface area contributed by atoms with E-state index >= 15 is 0 Å². The van der Waals surface area contributed by atoms with Crippen LogP contribution in [0.1, 0.15) is 28.9 Å². The van der Waals surface area contributed by atoms with Crippen molar-refractivity contribution >= 4 is 34.2 Å². The van der Waals surface area contributed by atoms with Crippen LogP contribution in [0.4, 0.5) is 5.13 Å². The minimum atomic E-state index is -0.215. The number of nitrogens with one attached hydrogen (secondary N) is 1. The van der Waals surface area contributed by atoms with Crippen molar-refractivity contribution in [2.45, 2.75) is 19.3 Å². The van der Waals surface area contributed by atoms with Gasteiger partial charge in [0.1, 0.15) is 0 Å². The topological polar surface area (TPSA) is 85.9 Å². The third-order valence-electron chi connectivity index (χ3n) is 5.68. The Labute approximate surface area is 185 Å². The van der Waals surface area contributed by atoms with Crippen LogP contribution in [0.5, 0.6) is 0 Å². The van der Waals surface area contributed by atoms with Gasteiger partial charge in [0.05, 0.1) is 18.7 Å². The fraction of sp³-hybridized carbons (Fsp3) is 0.455. The van der Waals surface area contributed by atoms with Gasteiger partial charge in [-0.1, -0.05) is 18.2 Å². The lowest BCUT2D eigenvalue weighted by molar-refractivity contribution is -0.134. The van der Waals surface area contributed by atoms with E-state index in [1.54, 1.807) is 12.1 Å². The summed E-state index contributed by atoms with van der Waals surface area (Å²) in [6, 6.07) is 8.96. The van der Waals surface area contributed by atoms with E-state index in [9.17, 15) is 14.4 Å². The van der Waals surface area contributed by atoms with Gasteiger partial charge in [0.2, 0.25) is 11.8 Å². The molecule has 0 radical (unpaired) electrons. The summed E-state index contributed by atoms with van der Waals surface area (Å²) in [6.07, 6.45) is 2.41. The Hall–Kier alpha value is -2.78. The molecule has 1 aromatic heterocycles. The maximum Gasteiger partial charge on any atom is 0.257 e. The maximum atomic E-state index is 12.7. The van der Waals surface area contributed by atoms with Gasteiger partial charge in [-0.3, -0.25) is 24.6 Å². The summed E-state index contributed by atoms with van der Waals surface area (Å²) < 4.78 is 0. The predicted molar refractivity (Wildman–Crippen MR) is 119 cm³/mol. The highest BCUT2D eigenvalue weighted by molar-refractivity contribution is 7.14. The molecular formula is C22H27N5O3S. The minimum Gasteiger partial charge on any atom is -0.342 e. The van der Waals surface area contributed by atoms with Crippen molar-refractivity contribution in [3.8, 4) is 0 Å². The first kappa shape index (κ1) is 21.5. The number of amides is 3. The monoisotopic (exact) mass is 441 g/mol. The number of likely N-dealkylation sites (tertiary alicyclic amines) is 1. The number of carbonyl (C=O) groups excluding carboxylic acids is 3. The van der Waals surface area contributed by atoms with Gasteiger partial charge in [-0.25, -0.2) is 4.98 Å². The van der Waals surface area contributed by atoms with E-state index in [-0.39, 0.29) is 24.1 Å². The zero-order valence-electron chi connectivity index (χ0n) is 17.5. The summed E-state index contributed by atoms with van der Waals surface area (Å²) in [5.41, 5.74) is 1.22. The second kappa shape index (κ2) is 10.0. The van der Waals surface area contributed by atoms with Crippen LogP contribution < -0.4 is 5.32 Å². The third-order valence-corrected chi connectivity index (χ3v) is 6.49. The first-order chi connectivity index (χ1) is 15.1. The number of anilines is 1. The SMILES string of the molecule is O=C(Nc1nc(CC(=O)N2CCN(CC(=O)N3CCCC3)CC2)cs1)c1ccccc1. The number of benzene rings is 1. The van der Waals surface area contributed by atoms with E-state index in [2.05, 4.69) is 15.2 Å². The molecule has 0 bridgehead atoms. The fourth-order valence-electron chi connectivity index (χ4n) is 3.88. The molecular weight excluding hydrogens is 414 g/mol. The summed E-state index contributed by atoms with van der Waals surface area (Å²) in [5, 5.41) is 5.08. The molecule has 164 valence electrons. The minimum absolute atomic E-state index is 0.0248. The molecule has 2 saturated heterocycles. The molecule has 9 heteroatoms. The van der Waals surface area contributed by atoms with Gasteiger partial charge in [0, 0.05) is 50.2 Å². The van der Waals surface area contributed by atoms with E-state index in [1.165, 1.54) is 11.3 Å². The highest BCUT2D eigenvalue weighted by Crippen LogP contribution is 2.18. The van der Waals surface area contributed by atoms with Crippen LogP contribution in [0.3, 0.4) is 0 Å². The molecule has 1 N–H and O–H groups in total. The number of hydrogen-bond donors (Lipinski definition) is 1. The average molecular weight is 442 g/mol. The zero-order chi connectivity index (χ0) is 21.6. The molecule has 0 spiro atoms. The molecule has 3 heterocycles. The number of piperazine rings is 1. The van der Waals surface area contributed by atoms with E-state index < -0.39 is 0 Å². The van der Waals surface area contributed by atoms with Gasteiger partial charge < -0.3 is 9.80 Å². The number of carbonyl (C=O) groups is 3. The van der Waals surface area contributed by atoms with Crippen molar-refractivity contribution in [1.82, 2.24) is 19.7 Å². The number of aromatic nitrogens is 1. The lowest BCUT2D eigenvalue weighted by Gasteiger charge is -2.35. The highest BCUT2D eigenvalue weighted by atomic mass is 32.1. The zero-order valence-corrected chi connectivity index (χ0v) is 18.3. The number of hydrogen-bond acceptors (Lipinski definition) is 6. The second-order valence-corrected chi connectivity index (χ2v) is 8.74. The van der Waals surface area contributed by atoms with Gasteiger partial charge in [-0.15, -0.1) is 11.3 Å². The van der Waals surface area contributed by atoms with Crippen molar-refractivity contribution in [3.63, 3.8) is 0 Å². The van der Waals surface area contributed by atoms with Crippen LogP contribution in [0.25, 0.3) is 0 Å². The molecule has 3 amide bonds. The van der Waals surface area contributed by atoms with Crippen molar-refractivity contribution in [1.29, 1.82) is 0 Å². The Balaban J connectivity index is 1.22. The van der Waals surface area contributed by atoms with Gasteiger partial charge in [-0.2, -0.15) is 0 Å². The summed E-state index contributed by atoms with van der Waals surface area (Å²) in [6.45, 7) is 4.85. The predicted octanol–water partition coefficient (Wildman–Crippen LogP) is 1.70. The quantitative estimate of drug-likeness (QED) is 0.738. The summed E-state index contributed by atoms with van der Waals surface area (Å²) in [5.74, 6) is 0.00834. The van der Waals surface area contributed by atoms with E-state index in [4.69, 9.17) is 0 Å². The fourth-order valence-corrected chi connectivity index (χ4v) is 4.59. The summed E-state index contributed by atoms with van der Waals surface area (Å²) >= 11 is 1.32. The Kier molecular flexibility index (Phi) is 6.93. The van der Waals surface area contributed by atoms with E-state index in [0.717, 1.165) is 25.9 Å². The van der Waals surface area contributed by atoms with Crippen molar-refractivity contribution in [3.05, 3.63) is 47.0 Å². The standard InChI is InChI=1S/C22H27N5O3S/c28-19(27-12-10-25(11-13-27)15-20(29)26-8-4-5-9-26)14-18-16-31-22(23-18)24-21(30)17-6-2-1-3-7-17/h1-3,6-7,16H,4-5,8-15H2,(H,23,24,30). The van der Waals surface area contributed by atoms with Crippen LogP contribution >= 0.6 is 11.3 Å². The number of thiazole rings is 1.